The molecule has 0 aromatic heterocycles. The quantitative estimate of drug-likeness (QED) is 0.705. The Morgan fingerprint density at radius 1 is 1.21 bits per heavy atom. The summed E-state index contributed by atoms with van der Waals surface area (Å²) in [6.45, 7) is 2.77. The highest BCUT2D eigenvalue weighted by molar-refractivity contribution is 6.33. The standard InChI is InChI=1S/C21H22ClNO5/c1-14(20(24)23-19-7-3-2-6-18(19)22)28-21(25)15-8-10-16(11-9-15)27-13-17-5-4-12-26-17/h2-3,6-11,14,17H,4-5,12-13H2,1H3,(H,23,24). The molecule has 1 fully saturated rings. The average Bonchev–Trinajstić information content (AvgIpc) is 3.22. The van der Waals surface area contributed by atoms with Crippen LogP contribution >= 0.6 is 11.6 Å². The van der Waals surface area contributed by atoms with E-state index in [1.54, 1.807) is 48.5 Å². The first-order valence-corrected chi connectivity index (χ1v) is 9.51. The third-order valence-corrected chi connectivity index (χ3v) is 4.66. The van der Waals surface area contributed by atoms with Gasteiger partial charge in [0.2, 0.25) is 0 Å². The summed E-state index contributed by atoms with van der Waals surface area (Å²) in [5.74, 6) is -0.401. The third-order valence-electron chi connectivity index (χ3n) is 4.33. The molecule has 2 aromatic carbocycles. The van der Waals surface area contributed by atoms with E-state index in [0.717, 1.165) is 19.4 Å². The number of ether oxygens (including phenoxy) is 3. The van der Waals surface area contributed by atoms with Crippen LogP contribution in [-0.2, 0) is 14.3 Å². The normalized spacial score (nSPS) is 17.0. The van der Waals surface area contributed by atoms with Gasteiger partial charge >= 0.3 is 5.97 Å². The Morgan fingerprint density at radius 2 is 1.96 bits per heavy atom. The molecule has 1 amide bonds. The molecule has 2 atom stereocenters. The Balaban J connectivity index is 1.50. The predicted octanol–water partition coefficient (Wildman–Crippen LogP) is 4.08. The fraction of sp³-hybridized carbons (Fsp3) is 0.333. The largest absolute Gasteiger partial charge is 0.491 e. The molecule has 1 heterocycles. The molecule has 2 aromatic rings. The van der Waals surface area contributed by atoms with Crippen molar-refractivity contribution >= 4 is 29.2 Å². The molecule has 1 aliphatic rings. The van der Waals surface area contributed by atoms with Crippen LogP contribution in [-0.4, -0.2) is 37.3 Å². The minimum Gasteiger partial charge on any atom is -0.491 e. The lowest BCUT2D eigenvalue weighted by Crippen LogP contribution is -2.30. The van der Waals surface area contributed by atoms with E-state index in [1.165, 1.54) is 6.92 Å². The number of rotatable bonds is 7. The number of para-hydroxylation sites is 1. The first kappa shape index (κ1) is 20.2. The number of hydrogen-bond donors (Lipinski definition) is 1. The maximum Gasteiger partial charge on any atom is 0.338 e. The summed E-state index contributed by atoms with van der Waals surface area (Å²) in [7, 11) is 0. The highest BCUT2D eigenvalue weighted by atomic mass is 35.5. The molecule has 0 saturated carbocycles. The molecule has 2 unspecified atom stereocenters. The van der Waals surface area contributed by atoms with E-state index in [1.807, 2.05) is 0 Å². The SMILES string of the molecule is CC(OC(=O)c1ccc(OCC2CCCO2)cc1)C(=O)Nc1ccccc1Cl. The highest BCUT2D eigenvalue weighted by Gasteiger charge is 2.20. The van der Waals surface area contributed by atoms with Crippen LogP contribution < -0.4 is 10.1 Å². The van der Waals surface area contributed by atoms with Gasteiger partial charge < -0.3 is 19.5 Å². The number of halogens is 1. The molecule has 0 radical (unpaired) electrons. The van der Waals surface area contributed by atoms with Gasteiger partial charge in [-0.05, 0) is 56.2 Å². The summed E-state index contributed by atoms with van der Waals surface area (Å²) >= 11 is 6.01. The molecule has 0 bridgehead atoms. The first-order chi connectivity index (χ1) is 13.5. The molecular weight excluding hydrogens is 382 g/mol. The highest BCUT2D eigenvalue weighted by Crippen LogP contribution is 2.21. The van der Waals surface area contributed by atoms with E-state index < -0.39 is 18.0 Å². The number of hydrogen-bond acceptors (Lipinski definition) is 5. The molecule has 1 aliphatic heterocycles. The number of carbonyl (C=O) groups excluding carboxylic acids is 2. The Morgan fingerprint density at radius 3 is 2.64 bits per heavy atom. The number of carbonyl (C=O) groups is 2. The van der Waals surface area contributed by atoms with Gasteiger partial charge in [-0.15, -0.1) is 0 Å². The van der Waals surface area contributed by atoms with Crippen molar-refractivity contribution in [2.45, 2.75) is 32.0 Å². The summed E-state index contributed by atoms with van der Waals surface area (Å²) in [6, 6.07) is 13.4. The number of anilines is 1. The fourth-order valence-electron chi connectivity index (χ4n) is 2.73. The van der Waals surface area contributed by atoms with Gasteiger partial charge in [-0.2, -0.15) is 0 Å². The second kappa shape index (κ2) is 9.57. The van der Waals surface area contributed by atoms with Crippen LogP contribution in [0.2, 0.25) is 5.02 Å². The van der Waals surface area contributed by atoms with Crippen molar-refractivity contribution in [2.75, 3.05) is 18.5 Å². The van der Waals surface area contributed by atoms with Gasteiger partial charge in [0.15, 0.2) is 6.10 Å². The van der Waals surface area contributed by atoms with Crippen molar-refractivity contribution in [3.05, 3.63) is 59.1 Å². The molecule has 1 N–H and O–H groups in total. The Hall–Kier alpha value is -2.57. The van der Waals surface area contributed by atoms with Crippen LogP contribution in [0.15, 0.2) is 48.5 Å². The van der Waals surface area contributed by atoms with Crippen molar-refractivity contribution in [2.24, 2.45) is 0 Å². The number of esters is 1. The Bertz CT molecular complexity index is 818. The zero-order chi connectivity index (χ0) is 19.9. The van der Waals surface area contributed by atoms with Crippen LogP contribution in [0.1, 0.15) is 30.1 Å². The zero-order valence-corrected chi connectivity index (χ0v) is 16.3. The summed E-state index contributed by atoms with van der Waals surface area (Å²) in [5, 5.41) is 3.05. The molecule has 7 heteroatoms. The summed E-state index contributed by atoms with van der Waals surface area (Å²) in [4.78, 5) is 24.5. The van der Waals surface area contributed by atoms with Crippen molar-refractivity contribution in [1.29, 1.82) is 0 Å². The van der Waals surface area contributed by atoms with Crippen LogP contribution in [0.4, 0.5) is 5.69 Å². The predicted molar refractivity (Wildman–Crippen MR) is 106 cm³/mol. The minimum absolute atomic E-state index is 0.127. The lowest BCUT2D eigenvalue weighted by Gasteiger charge is -2.15. The van der Waals surface area contributed by atoms with Gasteiger partial charge in [-0.25, -0.2) is 4.79 Å². The van der Waals surface area contributed by atoms with Gasteiger partial charge in [0, 0.05) is 6.61 Å². The van der Waals surface area contributed by atoms with E-state index >= 15 is 0 Å². The van der Waals surface area contributed by atoms with Gasteiger partial charge in [0.1, 0.15) is 12.4 Å². The smallest absolute Gasteiger partial charge is 0.338 e. The van der Waals surface area contributed by atoms with Gasteiger partial charge in [0.05, 0.1) is 22.4 Å². The summed E-state index contributed by atoms with van der Waals surface area (Å²) < 4.78 is 16.4. The fourth-order valence-corrected chi connectivity index (χ4v) is 2.91. The molecular formula is C21H22ClNO5. The molecule has 6 nitrogen and oxygen atoms in total. The Kier molecular flexibility index (Phi) is 6.90. The third kappa shape index (κ3) is 5.47. The van der Waals surface area contributed by atoms with Gasteiger partial charge in [-0.1, -0.05) is 23.7 Å². The van der Waals surface area contributed by atoms with E-state index in [-0.39, 0.29) is 6.10 Å². The minimum atomic E-state index is -0.973. The van der Waals surface area contributed by atoms with Crippen LogP contribution in [0.3, 0.4) is 0 Å². The molecule has 0 spiro atoms. The van der Waals surface area contributed by atoms with E-state index in [0.29, 0.717) is 28.6 Å². The number of benzene rings is 2. The van der Waals surface area contributed by atoms with Crippen LogP contribution in [0, 0.1) is 0 Å². The van der Waals surface area contributed by atoms with E-state index in [2.05, 4.69) is 5.32 Å². The first-order valence-electron chi connectivity index (χ1n) is 9.14. The van der Waals surface area contributed by atoms with Crippen molar-refractivity contribution in [3.63, 3.8) is 0 Å². The molecule has 3 rings (SSSR count). The topological polar surface area (TPSA) is 73.9 Å². The maximum absolute atomic E-state index is 12.3. The second-order valence-electron chi connectivity index (χ2n) is 6.49. The summed E-state index contributed by atoms with van der Waals surface area (Å²) in [6.07, 6.45) is 1.21. The Labute approximate surface area is 168 Å². The number of amides is 1. The second-order valence-corrected chi connectivity index (χ2v) is 6.89. The number of nitrogens with one attached hydrogen (secondary N) is 1. The van der Waals surface area contributed by atoms with Crippen molar-refractivity contribution in [3.8, 4) is 5.75 Å². The average molecular weight is 404 g/mol. The van der Waals surface area contributed by atoms with E-state index in [4.69, 9.17) is 25.8 Å². The monoisotopic (exact) mass is 403 g/mol. The van der Waals surface area contributed by atoms with Crippen LogP contribution in [0.25, 0.3) is 0 Å². The van der Waals surface area contributed by atoms with Crippen LogP contribution in [0.5, 0.6) is 5.75 Å². The van der Waals surface area contributed by atoms with Crippen molar-refractivity contribution < 1.29 is 23.8 Å². The van der Waals surface area contributed by atoms with Gasteiger partial charge in [-0.3, -0.25) is 4.79 Å². The van der Waals surface area contributed by atoms with Gasteiger partial charge in [0.25, 0.3) is 5.91 Å². The molecule has 148 valence electrons. The molecule has 1 saturated heterocycles. The lowest BCUT2D eigenvalue weighted by atomic mass is 10.2. The summed E-state index contributed by atoms with van der Waals surface area (Å²) in [5.41, 5.74) is 0.798. The zero-order valence-electron chi connectivity index (χ0n) is 15.5. The maximum atomic E-state index is 12.3. The lowest BCUT2D eigenvalue weighted by molar-refractivity contribution is -0.123. The molecule has 0 aliphatic carbocycles. The van der Waals surface area contributed by atoms with Crippen molar-refractivity contribution in [1.82, 2.24) is 0 Å². The molecule has 28 heavy (non-hydrogen) atoms. The van der Waals surface area contributed by atoms with E-state index in [9.17, 15) is 9.59 Å².